The van der Waals surface area contributed by atoms with Gasteiger partial charge in [-0.15, -0.1) is 0 Å². The molecular formula is C25H25N3O6. The lowest BCUT2D eigenvalue weighted by molar-refractivity contribution is -0.140. The molecule has 1 spiro atoms. The molecule has 4 heterocycles. The number of carbonyl (C=O) groups is 3. The first-order chi connectivity index (χ1) is 16.6. The second-order valence-corrected chi connectivity index (χ2v) is 8.97. The van der Waals surface area contributed by atoms with Crippen LogP contribution in [0, 0.1) is 0 Å². The second-order valence-electron chi connectivity index (χ2n) is 8.97. The van der Waals surface area contributed by atoms with Crippen LogP contribution >= 0.6 is 0 Å². The van der Waals surface area contributed by atoms with Crippen LogP contribution in [-0.2, 0) is 15.1 Å². The summed E-state index contributed by atoms with van der Waals surface area (Å²) in [5, 5.41) is 2.85. The topological polar surface area (TPSA) is 97.4 Å². The van der Waals surface area contributed by atoms with E-state index in [2.05, 4.69) is 5.32 Å². The largest absolute Gasteiger partial charge is 0.493 e. The molecule has 9 heteroatoms. The van der Waals surface area contributed by atoms with E-state index in [1.807, 2.05) is 30.3 Å². The SMILES string of the molecule is O=C1NC2(CCOc3ccccc32)C(=O)N1CC(=O)N1CCCC1c1ccc2c(c1)OCCO2. The Morgan fingerprint density at radius 1 is 1.00 bits per heavy atom. The molecule has 2 aromatic rings. The molecule has 2 atom stereocenters. The number of amides is 4. The standard InChI is InChI=1S/C25H25N3O6/c29-22(27-10-3-5-18(27)16-7-8-20-21(14-16)34-13-12-33-20)15-28-23(30)25(26-24(28)31)9-11-32-19-6-2-1-4-17(19)25/h1-2,4,6-8,14,18H,3,5,9-13,15H2,(H,26,31). The van der Waals surface area contributed by atoms with Crippen molar-refractivity contribution in [3.8, 4) is 17.2 Å². The van der Waals surface area contributed by atoms with E-state index in [1.165, 1.54) is 0 Å². The average molecular weight is 463 g/mol. The van der Waals surface area contributed by atoms with Crippen LogP contribution in [0.4, 0.5) is 4.79 Å². The van der Waals surface area contributed by atoms with Gasteiger partial charge in [-0.3, -0.25) is 14.5 Å². The summed E-state index contributed by atoms with van der Waals surface area (Å²) < 4.78 is 17.0. The summed E-state index contributed by atoms with van der Waals surface area (Å²) in [5.41, 5.74) is 0.402. The van der Waals surface area contributed by atoms with Crippen LogP contribution < -0.4 is 19.5 Å². The van der Waals surface area contributed by atoms with E-state index in [0.29, 0.717) is 55.6 Å². The van der Waals surface area contributed by atoms with Crippen molar-refractivity contribution in [2.24, 2.45) is 0 Å². The molecule has 1 N–H and O–H groups in total. The zero-order valence-corrected chi connectivity index (χ0v) is 18.6. The van der Waals surface area contributed by atoms with E-state index in [4.69, 9.17) is 14.2 Å². The van der Waals surface area contributed by atoms with Crippen LogP contribution in [0.1, 0.15) is 36.4 Å². The monoisotopic (exact) mass is 463 g/mol. The molecule has 0 aromatic heterocycles. The summed E-state index contributed by atoms with van der Waals surface area (Å²) in [6.45, 7) is 1.60. The Hall–Kier alpha value is -3.75. The van der Waals surface area contributed by atoms with Crippen molar-refractivity contribution in [3.05, 3.63) is 53.6 Å². The number of benzene rings is 2. The number of ether oxygens (including phenoxy) is 3. The zero-order chi connectivity index (χ0) is 23.3. The number of hydrogen-bond donors (Lipinski definition) is 1. The van der Waals surface area contributed by atoms with Crippen LogP contribution in [0.3, 0.4) is 0 Å². The van der Waals surface area contributed by atoms with Gasteiger partial charge in [-0.25, -0.2) is 4.79 Å². The maximum Gasteiger partial charge on any atom is 0.325 e. The van der Waals surface area contributed by atoms with Gasteiger partial charge in [0, 0.05) is 18.5 Å². The summed E-state index contributed by atoms with van der Waals surface area (Å²) in [5.74, 6) is 1.30. The van der Waals surface area contributed by atoms with Crippen molar-refractivity contribution in [2.45, 2.75) is 30.8 Å². The summed E-state index contributed by atoms with van der Waals surface area (Å²) in [6, 6.07) is 12.3. The van der Waals surface area contributed by atoms with Crippen molar-refractivity contribution >= 4 is 17.8 Å². The molecule has 2 saturated heterocycles. The Morgan fingerprint density at radius 3 is 2.68 bits per heavy atom. The average Bonchev–Trinajstić information content (AvgIpc) is 3.44. The predicted octanol–water partition coefficient (Wildman–Crippen LogP) is 2.35. The molecular weight excluding hydrogens is 438 g/mol. The highest BCUT2D eigenvalue weighted by Crippen LogP contribution is 2.42. The number of imide groups is 1. The minimum atomic E-state index is -1.19. The van der Waals surface area contributed by atoms with Gasteiger partial charge in [0.2, 0.25) is 5.91 Å². The van der Waals surface area contributed by atoms with Crippen molar-refractivity contribution < 1.29 is 28.6 Å². The van der Waals surface area contributed by atoms with Crippen LogP contribution in [0.15, 0.2) is 42.5 Å². The Kier molecular flexibility index (Phi) is 4.86. The van der Waals surface area contributed by atoms with Crippen molar-refractivity contribution in [1.29, 1.82) is 0 Å². The van der Waals surface area contributed by atoms with Gasteiger partial charge in [0.25, 0.3) is 5.91 Å². The summed E-state index contributed by atoms with van der Waals surface area (Å²) >= 11 is 0. The Balaban J connectivity index is 1.22. The first-order valence-electron chi connectivity index (χ1n) is 11.6. The first kappa shape index (κ1) is 20.8. The number of rotatable bonds is 3. The number of hydrogen-bond acceptors (Lipinski definition) is 6. The van der Waals surface area contributed by atoms with E-state index in [0.717, 1.165) is 23.3 Å². The number of para-hydroxylation sites is 1. The van der Waals surface area contributed by atoms with E-state index >= 15 is 0 Å². The number of carbonyl (C=O) groups excluding carboxylic acids is 3. The van der Waals surface area contributed by atoms with Gasteiger partial charge in [0.1, 0.15) is 25.5 Å². The molecule has 4 aliphatic rings. The highest BCUT2D eigenvalue weighted by molar-refractivity contribution is 6.09. The quantitative estimate of drug-likeness (QED) is 0.702. The van der Waals surface area contributed by atoms with Gasteiger partial charge in [0.15, 0.2) is 17.0 Å². The second kappa shape index (κ2) is 7.93. The van der Waals surface area contributed by atoms with Gasteiger partial charge in [-0.05, 0) is 36.6 Å². The summed E-state index contributed by atoms with van der Waals surface area (Å²) in [6.07, 6.45) is 1.97. The highest BCUT2D eigenvalue weighted by Gasteiger charge is 2.55. The van der Waals surface area contributed by atoms with Gasteiger partial charge in [0.05, 0.1) is 12.6 Å². The molecule has 0 bridgehead atoms. The van der Waals surface area contributed by atoms with Crippen LogP contribution in [0.25, 0.3) is 0 Å². The normalized spacial score (nSPS) is 25.2. The molecule has 4 aliphatic heterocycles. The molecule has 2 unspecified atom stereocenters. The van der Waals surface area contributed by atoms with Gasteiger partial charge in [-0.1, -0.05) is 24.3 Å². The van der Waals surface area contributed by atoms with E-state index in [9.17, 15) is 14.4 Å². The summed E-state index contributed by atoms with van der Waals surface area (Å²) in [7, 11) is 0. The molecule has 0 radical (unpaired) electrons. The van der Waals surface area contributed by atoms with Gasteiger partial charge >= 0.3 is 6.03 Å². The Bertz CT molecular complexity index is 1180. The first-order valence-corrected chi connectivity index (χ1v) is 11.6. The lowest BCUT2D eigenvalue weighted by Crippen LogP contribution is -2.48. The number of nitrogens with one attached hydrogen (secondary N) is 1. The molecule has 176 valence electrons. The number of fused-ring (bicyclic) bond motifs is 3. The maximum absolute atomic E-state index is 13.5. The Labute approximate surface area is 196 Å². The minimum Gasteiger partial charge on any atom is -0.493 e. The van der Waals surface area contributed by atoms with E-state index in [1.54, 1.807) is 17.0 Å². The number of nitrogens with zero attached hydrogens (tertiary/aromatic N) is 2. The molecule has 4 amide bonds. The molecule has 0 aliphatic carbocycles. The van der Waals surface area contributed by atoms with Crippen molar-refractivity contribution in [2.75, 3.05) is 32.9 Å². The highest BCUT2D eigenvalue weighted by atomic mass is 16.6. The lowest BCUT2D eigenvalue weighted by atomic mass is 9.84. The molecule has 2 fully saturated rings. The van der Waals surface area contributed by atoms with E-state index < -0.39 is 17.5 Å². The Morgan fingerprint density at radius 2 is 1.79 bits per heavy atom. The maximum atomic E-state index is 13.5. The smallest absolute Gasteiger partial charge is 0.325 e. The van der Waals surface area contributed by atoms with Crippen LogP contribution in [-0.4, -0.2) is 60.6 Å². The lowest BCUT2D eigenvalue weighted by Gasteiger charge is -2.33. The van der Waals surface area contributed by atoms with Crippen molar-refractivity contribution in [1.82, 2.24) is 15.1 Å². The van der Waals surface area contributed by atoms with Crippen LogP contribution in [0.5, 0.6) is 17.2 Å². The number of urea groups is 1. The molecule has 34 heavy (non-hydrogen) atoms. The third-order valence-electron chi connectivity index (χ3n) is 7.07. The molecule has 0 saturated carbocycles. The number of likely N-dealkylation sites (tertiary alicyclic amines) is 1. The zero-order valence-electron chi connectivity index (χ0n) is 18.6. The fraction of sp³-hybridized carbons (Fsp3) is 0.400. The minimum absolute atomic E-state index is 0.137. The molecule has 2 aromatic carbocycles. The van der Waals surface area contributed by atoms with Crippen molar-refractivity contribution in [3.63, 3.8) is 0 Å². The third-order valence-corrected chi connectivity index (χ3v) is 7.07. The molecule has 6 rings (SSSR count). The summed E-state index contributed by atoms with van der Waals surface area (Å²) in [4.78, 5) is 42.5. The van der Waals surface area contributed by atoms with Crippen LogP contribution in [0.2, 0.25) is 0 Å². The fourth-order valence-electron chi connectivity index (χ4n) is 5.42. The van der Waals surface area contributed by atoms with Gasteiger partial charge < -0.3 is 24.4 Å². The van der Waals surface area contributed by atoms with Gasteiger partial charge in [-0.2, -0.15) is 0 Å². The van der Waals surface area contributed by atoms with E-state index in [-0.39, 0.29) is 18.5 Å². The molecule has 9 nitrogen and oxygen atoms in total. The predicted molar refractivity (Wildman–Crippen MR) is 120 cm³/mol. The fourth-order valence-corrected chi connectivity index (χ4v) is 5.42. The third kappa shape index (κ3) is 3.18.